The molecule has 0 aliphatic heterocycles. The zero-order valence-corrected chi connectivity index (χ0v) is 11.1. The number of nitrogens with two attached hydrogens (primary N) is 1. The summed E-state index contributed by atoms with van der Waals surface area (Å²) in [5.41, 5.74) is 3.94. The van der Waals surface area contributed by atoms with Gasteiger partial charge in [0.05, 0.1) is 4.47 Å². The van der Waals surface area contributed by atoms with Gasteiger partial charge in [-0.1, -0.05) is 0 Å². The minimum absolute atomic E-state index is 0.310. The molecule has 1 aromatic heterocycles. The van der Waals surface area contributed by atoms with Gasteiger partial charge in [0.25, 0.3) is 0 Å². The Kier molecular flexibility index (Phi) is 3.73. The number of benzene rings is 1. The lowest BCUT2D eigenvalue weighted by molar-refractivity contribution is 0.621. The van der Waals surface area contributed by atoms with E-state index in [1.807, 2.05) is 6.92 Å². The molecule has 18 heavy (non-hydrogen) atoms. The normalized spacial score (nSPS) is 10.2. The summed E-state index contributed by atoms with van der Waals surface area (Å²) in [6.45, 7) is 1.86. The third-order valence-electron chi connectivity index (χ3n) is 2.28. The van der Waals surface area contributed by atoms with Gasteiger partial charge in [-0.05, 0) is 41.1 Å². The van der Waals surface area contributed by atoms with Gasteiger partial charge in [0, 0.05) is 17.4 Å². The van der Waals surface area contributed by atoms with Gasteiger partial charge >= 0.3 is 0 Å². The number of nitrogens with one attached hydrogen (secondary N) is 2. The van der Waals surface area contributed by atoms with Crippen LogP contribution in [0.2, 0.25) is 0 Å². The van der Waals surface area contributed by atoms with E-state index >= 15 is 0 Å². The van der Waals surface area contributed by atoms with Gasteiger partial charge in [0.15, 0.2) is 0 Å². The van der Waals surface area contributed by atoms with Gasteiger partial charge < -0.3 is 5.32 Å². The Morgan fingerprint density at radius 1 is 1.39 bits per heavy atom. The third kappa shape index (κ3) is 2.74. The van der Waals surface area contributed by atoms with Gasteiger partial charge in [-0.2, -0.15) is 4.98 Å². The van der Waals surface area contributed by atoms with E-state index in [2.05, 4.69) is 36.6 Å². The highest BCUT2D eigenvalue weighted by Crippen LogP contribution is 2.23. The van der Waals surface area contributed by atoms with Crippen LogP contribution >= 0.6 is 15.9 Å². The number of rotatable bonds is 3. The number of nitrogens with zero attached hydrogens (tertiary/aromatic N) is 2. The first kappa shape index (κ1) is 12.7. The van der Waals surface area contributed by atoms with Crippen molar-refractivity contribution in [2.45, 2.75) is 6.92 Å². The first-order valence-corrected chi connectivity index (χ1v) is 5.92. The first-order valence-electron chi connectivity index (χ1n) is 5.12. The van der Waals surface area contributed by atoms with Crippen molar-refractivity contribution < 1.29 is 4.39 Å². The smallest absolute Gasteiger partial charge is 0.239 e. The molecule has 0 spiro atoms. The topological polar surface area (TPSA) is 75.9 Å². The second-order valence-corrected chi connectivity index (χ2v) is 4.48. The van der Waals surface area contributed by atoms with E-state index in [-0.39, 0.29) is 5.82 Å². The zero-order chi connectivity index (χ0) is 13.1. The van der Waals surface area contributed by atoms with Crippen molar-refractivity contribution in [2.75, 3.05) is 10.7 Å². The molecule has 5 nitrogen and oxygen atoms in total. The molecule has 1 heterocycles. The largest absolute Gasteiger partial charge is 0.340 e. The Morgan fingerprint density at radius 2 is 2.17 bits per heavy atom. The van der Waals surface area contributed by atoms with Crippen molar-refractivity contribution in [3.05, 3.63) is 40.2 Å². The highest BCUT2D eigenvalue weighted by molar-refractivity contribution is 9.10. The molecule has 1 aromatic carbocycles. The zero-order valence-electron chi connectivity index (χ0n) is 9.54. The first-order chi connectivity index (χ1) is 8.60. The number of aryl methyl sites for hydroxylation is 1. The number of hydrogen-bond donors (Lipinski definition) is 3. The van der Waals surface area contributed by atoms with Gasteiger partial charge in [-0.25, -0.2) is 15.2 Å². The Morgan fingerprint density at radius 3 is 2.83 bits per heavy atom. The number of hydrogen-bond acceptors (Lipinski definition) is 5. The van der Waals surface area contributed by atoms with Crippen LogP contribution in [0.5, 0.6) is 0 Å². The summed E-state index contributed by atoms with van der Waals surface area (Å²) in [5.74, 6) is 5.85. The van der Waals surface area contributed by atoms with E-state index in [1.165, 1.54) is 6.07 Å². The van der Waals surface area contributed by atoms with Crippen LogP contribution < -0.4 is 16.6 Å². The maximum absolute atomic E-state index is 13.1. The van der Waals surface area contributed by atoms with E-state index < -0.39 is 0 Å². The van der Waals surface area contributed by atoms with Crippen LogP contribution in [0.15, 0.2) is 28.9 Å². The summed E-state index contributed by atoms with van der Waals surface area (Å²) in [6.07, 6.45) is 1.64. The van der Waals surface area contributed by atoms with Crippen molar-refractivity contribution in [3.8, 4) is 0 Å². The van der Waals surface area contributed by atoms with E-state index in [0.717, 1.165) is 5.56 Å². The standard InChI is InChI=1S/C11H11BrFN5/c1-6-5-15-11(18-14)17-10(6)16-7-2-3-9(13)8(12)4-7/h2-5H,14H2,1H3,(H2,15,16,17,18). The Bertz CT molecular complexity index is 575. The second-order valence-electron chi connectivity index (χ2n) is 3.62. The molecule has 2 rings (SSSR count). The highest BCUT2D eigenvalue weighted by Gasteiger charge is 2.05. The molecular formula is C11H11BrFN5. The van der Waals surface area contributed by atoms with Crippen LogP contribution in [0, 0.1) is 12.7 Å². The second kappa shape index (κ2) is 5.28. The monoisotopic (exact) mass is 311 g/mol. The molecule has 0 radical (unpaired) electrons. The van der Waals surface area contributed by atoms with E-state index in [4.69, 9.17) is 5.84 Å². The Hall–Kier alpha value is -1.73. The number of halogens is 2. The summed E-state index contributed by atoms with van der Waals surface area (Å²) in [5, 5.41) is 3.07. The minimum atomic E-state index is -0.315. The average molecular weight is 312 g/mol. The molecule has 0 aliphatic rings. The van der Waals surface area contributed by atoms with E-state index in [1.54, 1.807) is 18.3 Å². The average Bonchev–Trinajstić information content (AvgIpc) is 2.36. The van der Waals surface area contributed by atoms with Gasteiger partial charge in [-0.15, -0.1) is 0 Å². The summed E-state index contributed by atoms with van der Waals surface area (Å²) < 4.78 is 13.5. The van der Waals surface area contributed by atoms with E-state index in [9.17, 15) is 4.39 Å². The Labute approximate surface area is 112 Å². The molecule has 0 atom stereocenters. The fraction of sp³-hybridized carbons (Fsp3) is 0.0909. The van der Waals surface area contributed by atoms with Gasteiger partial charge in [0.1, 0.15) is 11.6 Å². The van der Waals surface area contributed by atoms with Crippen molar-refractivity contribution in [3.63, 3.8) is 0 Å². The molecule has 0 saturated heterocycles. The number of nitrogen functional groups attached to an aromatic ring is 1. The summed E-state index contributed by atoms with van der Waals surface area (Å²) in [7, 11) is 0. The molecule has 4 N–H and O–H groups in total. The molecule has 7 heteroatoms. The molecule has 0 fully saturated rings. The van der Waals surface area contributed by atoms with Crippen molar-refractivity contribution >= 4 is 33.4 Å². The number of aromatic nitrogens is 2. The third-order valence-corrected chi connectivity index (χ3v) is 2.89. The van der Waals surface area contributed by atoms with Crippen LogP contribution in [0.25, 0.3) is 0 Å². The molecule has 0 saturated carbocycles. The minimum Gasteiger partial charge on any atom is -0.340 e. The van der Waals surface area contributed by atoms with Crippen LogP contribution in [-0.2, 0) is 0 Å². The quantitative estimate of drug-likeness (QED) is 0.600. The van der Waals surface area contributed by atoms with Crippen LogP contribution in [-0.4, -0.2) is 9.97 Å². The Balaban J connectivity index is 2.30. The molecule has 0 amide bonds. The molecular weight excluding hydrogens is 301 g/mol. The number of anilines is 3. The lowest BCUT2D eigenvalue weighted by atomic mass is 10.3. The predicted octanol–water partition coefficient (Wildman–Crippen LogP) is 2.72. The number of hydrazine groups is 1. The molecule has 94 valence electrons. The van der Waals surface area contributed by atoms with Crippen LogP contribution in [0.4, 0.5) is 21.8 Å². The van der Waals surface area contributed by atoms with Crippen molar-refractivity contribution in [2.24, 2.45) is 5.84 Å². The van der Waals surface area contributed by atoms with Crippen molar-refractivity contribution in [1.82, 2.24) is 9.97 Å². The maximum atomic E-state index is 13.1. The van der Waals surface area contributed by atoms with Crippen molar-refractivity contribution in [1.29, 1.82) is 0 Å². The van der Waals surface area contributed by atoms with Gasteiger partial charge in [-0.3, -0.25) is 5.43 Å². The SMILES string of the molecule is Cc1cnc(NN)nc1Nc1ccc(F)c(Br)c1. The summed E-state index contributed by atoms with van der Waals surface area (Å²) >= 11 is 3.13. The molecule has 0 unspecified atom stereocenters. The van der Waals surface area contributed by atoms with Gasteiger partial charge in [0.2, 0.25) is 5.95 Å². The maximum Gasteiger partial charge on any atom is 0.239 e. The summed E-state index contributed by atoms with van der Waals surface area (Å²) in [4.78, 5) is 8.14. The predicted molar refractivity (Wildman–Crippen MR) is 72.0 cm³/mol. The fourth-order valence-electron chi connectivity index (χ4n) is 1.35. The van der Waals surface area contributed by atoms with E-state index in [0.29, 0.717) is 21.9 Å². The highest BCUT2D eigenvalue weighted by atomic mass is 79.9. The lowest BCUT2D eigenvalue weighted by Gasteiger charge is -2.10. The lowest BCUT2D eigenvalue weighted by Crippen LogP contribution is -2.11. The molecule has 0 bridgehead atoms. The molecule has 0 aliphatic carbocycles. The van der Waals surface area contributed by atoms with Crippen LogP contribution in [0.3, 0.4) is 0 Å². The fourth-order valence-corrected chi connectivity index (χ4v) is 1.73. The summed E-state index contributed by atoms with van der Waals surface area (Å²) in [6, 6.07) is 4.62. The molecule has 2 aromatic rings. The van der Waals surface area contributed by atoms with Crippen LogP contribution in [0.1, 0.15) is 5.56 Å².